The molecule has 1 fully saturated rings. The van der Waals surface area contributed by atoms with Crippen LogP contribution in [0.4, 0.5) is 14.9 Å². The maximum Gasteiger partial charge on any atom is 0.293 e. The molecule has 10 heteroatoms. The third-order valence-corrected chi connectivity index (χ3v) is 6.45. The molecule has 1 saturated heterocycles. The van der Waals surface area contributed by atoms with E-state index in [4.69, 9.17) is 16.0 Å². The monoisotopic (exact) mass is 486 g/mol. The zero-order valence-corrected chi connectivity index (χ0v) is 19.0. The van der Waals surface area contributed by atoms with Gasteiger partial charge in [0.15, 0.2) is 0 Å². The van der Waals surface area contributed by atoms with E-state index in [1.54, 1.807) is 25.1 Å². The van der Waals surface area contributed by atoms with E-state index >= 15 is 0 Å². The fourth-order valence-corrected chi connectivity index (χ4v) is 4.36. The van der Waals surface area contributed by atoms with Gasteiger partial charge in [-0.05, 0) is 72.6 Å². The molecule has 0 unspecified atom stereocenters. The van der Waals surface area contributed by atoms with Crippen molar-refractivity contribution < 1.29 is 23.3 Å². The fourth-order valence-electron chi connectivity index (χ4n) is 3.31. The van der Waals surface area contributed by atoms with Gasteiger partial charge in [-0.2, -0.15) is 0 Å². The number of halogens is 2. The first-order valence-corrected chi connectivity index (χ1v) is 10.9. The lowest BCUT2D eigenvalue weighted by atomic mass is 10.0. The van der Waals surface area contributed by atoms with E-state index in [2.05, 4.69) is 0 Å². The summed E-state index contributed by atoms with van der Waals surface area (Å²) >= 11 is 6.75. The van der Waals surface area contributed by atoms with Gasteiger partial charge in [0.2, 0.25) is 0 Å². The molecule has 2 amide bonds. The number of nitrogens with zero attached hydrogens (tertiary/aromatic N) is 2. The molecule has 1 aliphatic rings. The highest BCUT2D eigenvalue weighted by atomic mass is 35.5. The molecule has 4 rings (SSSR count). The quantitative estimate of drug-likeness (QED) is 0.232. The molecule has 3 aromatic rings. The van der Waals surface area contributed by atoms with Gasteiger partial charge in [0.05, 0.1) is 21.9 Å². The van der Waals surface area contributed by atoms with E-state index in [0.29, 0.717) is 11.1 Å². The molecule has 0 atom stereocenters. The van der Waals surface area contributed by atoms with Crippen LogP contribution in [0, 0.1) is 29.8 Å². The summed E-state index contributed by atoms with van der Waals surface area (Å²) < 4.78 is 19.0. The van der Waals surface area contributed by atoms with Crippen LogP contribution >= 0.6 is 23.4 Å². The number of hydrogen-bond acceptors (Lipinski definition) is 6. The number of thioether (sulfide) groups is 1. The second-order valence-electron chi connectivity index (χ2n) is 7.42. The SMILES string of the molecule is Cc1cc(-c2ccc(/C=C3\SC(=O)N(Cc4ccc(F)cc4Cl)C3=O)o2)c([N+](=O)[O-])cc1C. The molecule has 0 saturated carbocycles. The number of amides is 2. The summed E-state index contributed by atoms with van der Waals surface area (Å²) in [7, 11) is 0. The van der Waals surface area contributed by atoms with Crippen LogP contribution in [-0.2, 0) is 11.3 Å². The fraction of sp³-hybridized carbons (Fsp3) is 0.130. The van der Waals surface area contributed by atoms with Crippen molar-refractivity contribution in [2.24, 2.45) is 0 Å². The third kappa shape index (κ3) is 4.55. The Morgan fingerprint density at radius 1 is 1.15 bits per heavy atom. The highest BCUT2D eigenvalue weighted by molar-refractivity contribution is 8.18. The lowest BCUT2D eigenvalue weighted by molar-refractivity contribution is -0.384. The lowest BCUT2D eigenvalue weighted by Crippen LogP contribution is -2.27. The maximum atomic E-state index is 13.3. The molecule has 7 nitrogen and oxygen atoms in total. The van der Waals surface area contributed by atoms with Crippen molar-refractivity contribution in [1.29, 1.82) is 0 Å². The largest absolute Gasteiger partial charge is 0.456 e. The highest BCUT2D eigenvalue weighted by Gasteiger charge is 2.35. The maximum absolute atomic E-state index is 13.3. The zero-order valence-electron chi connectivity index (χ0n) is 17.4. The van der Waals surface area contributed by atoms with Crippen LogP contribution in [0.3, 0.4) is 0 Å². The third-order valence-electron chi connectivity index (χ3n) is 5.19. The van der Waals surface area contributed by atoms with Gasteiger partial charge < -0.3 is 4.42 Å². The molecule has 0 N–H and O–H groups in total. The van der Waals surface area contributed by atoms with Crippen LogP contribution in [0.1, 0.15) is 22.5 Å². The van der Waals surface area contributed by atoms with Gasteiger partial charge in [0, 0.05) is 17.2 Å². The van der Waals surface area contributed by atoms with Gasteiger partial charge >= 0.3 is 0 Å². The number of benzene rings is 2. The molecule has 0 aliphatic carbocycles. The number of aryl methyl sites for hydroxylation is 2. The van der Waals surface area contributed by atoms with Crippen molar-refractivity contribution in [2.75, 3.05) is 0 Å². The van der Waals surface area contributed by atoms with Crippen LogP contribution in [0.2, 0.25) is 5.02 Å². The second kappa shape index (κ2) is 8.84. The van der Waals surface area contributed by atoms with E-state index in [1.807, 2.05) is 6.92 Å². The Hall–Kier alpha value is -3.43. The smallest absolute Gasteiger partial charge is 0.293 e. The standard InChI is InChI=1S/C23H16ClFN2O5S/c1-12-7-17(19(27(30)31)8-13(12)2)20-6-5-16(32-20)10-21-22(28)26(23(29)33-21)11-14-3-4-15(25)9-18(14)24/h3-10H,11H2,1-2H3/b21-10-. The molecule has 2 heterocycles. The van der Waals surface area contributed by atoms with Crippen molar-refractivity contribution in [1.82, 2.24) is 4.90 Å². The van der Waals surface area contributed by atoms with Crippen molar-refractivity contribution in [3.05, 3.63) is 90.8 Å². The van der Waals surface area contributed by atoms with Crippen LogP contribution < -0.4 is 0 Å². The summed E-state index contributed by atoms with van der Waals surface area (Å²) in [5.74, 6) is -0.521. The number of nitro groups is 1. The number of imide groups is 1. The average molecular weight is 487 g/mol. The average Bonchev–Trinajstić information content (AvgIpc) is 3.31. The highest BCUT2D eigenvalue weighted by Crippen LogP contribution is 2.37. The normalized spacial score (nSPS) is 15.0. The van der Waals surface area contributed by atoms with Gasteiger partial charge in [0.1, 0.15) is 17.3 Å². The Morgan fingerprint density at radius 2 is 1.88 bits per heavy atom. The summed E-state index contributed by atoms with van der Waals surface area (Å²) in [5, 5.41) is 11.1. The van der Waals surface area contributed by atoms with Gasteiger partial charge in [-0.3, -0.25) is 24.6 Å². The number of nitro benzene ring substituents is 1. The molecular formula is C23H16ClFN2O5S. The van der Waals surface area contributed by atoms with E-state index in [1.165, 1.54) is 24.3 Å². The van der Waals surface area contributed by atoms with Crippen molar-refractivity contribution in [2.45, 2.75) is 20.4 Å². The van der Waals surface area contributed by atoms with Crippen molar-refractivity contribution in [3.63, 3.8) is 0 Å². The summed E-state index contributed by atoms with van der Waals surface area (Å²) in [6, 6.07) is 10.0. The van der Waals surface area contributed by atoms with Crippen LogP contribution in [0.25, 0.3) is 17.4 Å². The Balaban J connectivity index is 1.60. The Kier molecular flexibility index (Phi) is 6.09. The molecule has 2 aromatic carbocycles. The topological polar surface area (TPSA) is 93.7 Å². The number of hydrogen-bond donors (Lipinski definition) is 0. The Bertz CT molecular complexity index is 1350. The van der Waals surface area contributed by atoms with Crippen LogP contribution in [-0.4, -0.2) is 21.0 Å². The van der Waals surface area contributed by atoms with Gasteiger partial charge in [-0.25, -0.2) is 4.39 Å². The van der Waals surface area contributed by atoms with Gasteiger partial charge in [0.25, 0.3) is 16.8 Å². The molecule has 1 aliphatic heterocycles. The predicted molar refractivity (Wildman–Crippen MR) is 123 cm³/mol. The van der Waals surface area contributed by atoms with E-state index < -0.39 is 21.9 Å². The van der Waals surface area contributed by atoms with Gasteiger partial charge in [-0.15, -0.1) is 0 Å². The first kappa shape index (κ1) is 22.8. The Labute approximate surface area is 197 Å². The van der Waals surface area contributed by atoms with E-state index in [0.717, 1.165) is 33.9 Å². The summed E-state index contributed by atoms with van der Waals surface area (Å²) in [6.45, 7) is 3.53. The minimum absolute atomic E-state index is 0.0875. The molecule has 1 aromatic heterocycles. The lowest BCUT2D eigenvalue weighted by Gasteiger charge is -2.13. The number of furan rings is 1. The second-order valence-corrected chi connectivity index (χ2v) is 8.82. The predicted octanol–water partition coefficient (Wildman–Crippen LogP) is 6.50. The molecule has 0 bridgehead atoms. The summed E-state index contributed by atoms with van der Waals surface area (Å²) in [4.78, 5) is 37.3. The molecule has 0 radical (unpaired) electrons. The number of carbonyl (C=O) groups excluding carboxylic acids is 2. The van der Waals surface area contributed by atoms with Crippen LogP contribution in [0.5, 0.6) is 0 Å². The summed E-state index contributed by atoms with van der Waals surface area (Å²) in [5.41, 5.74) is 2.32. The van der Waals surface area contributed by atoms with Crippen molar-refractivity contribution >= 4 is 46.3 Å². The molecule has 0 spiro atoms. The first-order valence-electron chi connectivity index (χ1n) is 9.69. The first-order chi connectivity index (χ1) is 15.6. The molecule has 33 heavy (non-hydrogen) atoms. The number of carbonyl (C=O) groups is 2. The Morgan fingerprint density at radius 3 is 2.58 bits per heavy atom. The van der Waals surface area contributed by atoms with E-state index in [-0.39, 0.29) is 33.7 Å². The zero-order chi connectivity index (χ0) is 23.9. The minimum Gasteiger partial charge on any atom is -0.456 e. The minimum atomic E-state index is -0.541. The van der Waals surface area contributed by atoms with Crippen molar-refractivity contribution in [3.8, 4) is 11.3 Å². The van der Waals surface area contributed by atoms with E-state index in [9.17, 15) is 24.1 Å². The molecular weight excluding hydrogens is 471 g/mol. The number of rotatable bonds is 5. The van der Waals surface area contributed by atoms with Gasteiger partial charge in [-0.1, -0.05) is 17.7 Å². The van der Waals surface area contributed by atoms with Crippen LogP contribution in [0.15, 0.2) is 51.8 Å². The molecule has 168 valence electrons. The summed E-state index contributed by atoms with van der Waals surface area (Å²) in [6.07, 6.45) is 1.41.